The van der Waals surface area contributed by atoms with Crippen LogP contribution in [0.2, 0.25) is 0 Å². The topological polar surface area (TPSA) is 66.2 Å². The van der Waals surface area contributed by atoms with E-state index in [1.807, 2.05) is 12.2 Å². The number of phenolic OH excluding ortho intramolecular Hbond substituents is 1. The van der Waals surface area contributed by atoms with E-state index in [9.17, 15) is 9.90 Å². The molecule has 4 nitrogen and oxygen atoms in total. The van der Waals surface area contributed by atoms with Crippen LogP contribution in [0.5, 0.6) is 5.75 Å². The molecule has 1 aliphatic carbocycles. The maximum Gasteiger partial charge on any atom is 0.256 e. The molecule has 3 aromatic rings. The average molecular weight is 253 g/mol. The van der Waals surface area contributed by atoms with Crippen LogP contribution in [0.1, 0.15) is 12.8 Å². The molecule has 0 saturated heterocycles. The molecule has 0 bridgehead atoms. The van der Waals surface area contributed by atoms with E-state index in [1.165, 1.54) is 0 Å². The van der Waals surface area contributed by atoms with Gasteiger partial charge in [0.1, 0.15) is 11.3 Å². The van der Waals surface area contributed by atoms with Crippen molar-refractivity contribution in [2.24, 2.45) is 0 Å². The quantitative estimate of drug-likeness (QED) is 0.635. The van der Waals surface area contributed by atoms with E-state index in [0.717, 1.165) is 23.4 Å². The molecule has 2 heterocycles. The Morgan fingerprint density at radius 2 is 1.95 bits per heavy atom. The SMILES string of the molecule is O=c1[nH]c2c(oc3cc(O)ccc32)c2c1=CCCC=2. The second-order valence-corrected chi connectivity index (χ2v) is 4.75. The lowest BCUT2D eigenvalue weighted by Gasteiger charge is -1.99. The Hall–Kier alpha value is -2.49. The fourth-order valence-electron chi connectivity index (χ4n) is 2.69. The summed E-state index contributed by atoms with van der Waals surface area (Å²) in [5.41, 5.74) is 1.88. The van der Waals surface area contributed by atoms with Crippen molar-refractivity contribution in [3.63, 3.8) is 0 Å². The molecule has 94 valence electrons. The minimum absolute atomic E-state index is 0.0887. The average Bonchev–Trinajstić information content (AvgIpc) is 2.77. The molecule has 0 radical (unpaired) electrons. The largest absolute Gasteiger partial charge is 0.508 e. The molecule has 0 saturated carbocycles. The van der Waals surface area contributed by atoms with Gasteiger partial charge in [-0.3, -0.25) is 4.79 Å². The standard InChI is InChI=1S/C15H11NO3/c17-8-5-6-11-12(7-8)19-14-9-3-1-2-4-10(9)15(18)16-13(11)14/h3-7,17H,1-2H2,(H,16,18). The molecule has 0 atom stereocenters. The number of furan rings is 1. The first kappa shape index (κ1) is 10.4. The zero-order chi connectivity index (χ0) is 13.0. The van der Waals surface area contributed by atoms with Crippen molar-refractivity contribution in [2.75, 3.05) is 0 Å². The van der Waals surface area contributed by atoms with Gasteiger partial charge in [0.15, 0.2) is 5.58 Å². The van der Waals surface area contributed by atoms with Crippen LogP contribution in [0.15, 0.2) is 27.4 Å². The van der Waals surface area contributed by atoms with Crippen molar-refractivity contribution in [2.45, 2.75) is 12.8 Å². The molecule has 0 aliphatic heterocycles. The van der Waals surface area contributed by atoms with Gasteiger partial charge in [0.25, 0.3) is 5.56 Å². The second kappa shape index (κ2) is 3.51. The number of phenols is 1. The van der Waals surface area contributed by atoms with E-state index in [1.54, 1.807) is 18.2 Å². The van der Waals surface area contributed by atoms with Crippen LogP contribution in [0.4, 0.5) is 0 Å². The van der Waals surface area contributed by atoms with Crippen molar-refractivity contribution in [1.82, 2.24) is 4.98 Å². The van der Waals surface area contributed by atoms with Gasteiger partial charge in [0.2, 0.25) is 0 Å². The summed E-state index contributed by atoms with van der Waals surface area (Å²) < 4.78 is 5.81. The molecule has 4 heteroatoms. The molecular formula is C15H11NO3. The number of rotatable bonds is 0. The predicted molar refractivity (Wildman–Crippen MR) is 73.4 cm³/mol. The summed E-state index contributed by atoms with van der Waals surface area (Å²) in [5.74, 6) is 0.151. The molecule has 0 amide bonds. The van der Waals surface area contributed by atoms with E-state index in [-0.39, 0.29) is 11.3 Å². The van der Waals surface area contributed by atoms with Gasteiger partial charge in [-0.2, -0.15) is 0 Å². The second-order valence-electron chi connectivity index (χ2n) is 4.75. The Morgan fingerprint density at radius 1 is 1.16 bits per heavy atom. The minimum Gasteiger partial charge on any atom is -0.508 e. The van der Waals surface area contributed by atoms with Crippen molar-refractivity contribution in [1.29, 1.82) is 0 Å². The summed E-state index contributed by atoms with van der Waals surface area (Å²) in [7, 11) is 0. The van der Waals surface area contributed by atoms with Crippen LogP contribution in [0, 0.1) is 0 Å². The normalized spacial score (nSPS) is 14.1. The molecule has 0 spiro atoms. The zero-order valence-corrected chi connectivity index (χ0v) is 10.1. The van der Waals surface area contributed by atoms with Crippen LogP contribution >= 0.6 is 0 Å². The number of pyridine rings is 1. The summed E-state index contributed by atoms with van der Waals surface area (Å²) in [4.78, 5) is 15.0. The minimum atomic E-state index is -0.0887. The molecule has 2 aromatic heterocycles. The third-order valence-electron chi connectivity index (χ3n) is 3.56. The summed E-state index contributed by atoms with van der Waals surface area (Å²) in [5, 5.41) is 11.9. The summed E-state index contributed by atoms with van der Waals surface area (Å²) in [6.07, 6.45) is 5.77. The smallest absolute Gasteiger partial charge is 0.256 e. The van der Waals surface area contributed by atoms with E-state index < -0.39 is 0 Å². The number of benzene rings is 1. The molecule has 19 heavy (non-hydrogen) atoms. The lowest BCUT2D eigenvalue weighted by atomic mass is 10.1. The van der Waals surface area contributed by atoms with E-state index in [2.05, 4.69) is 4.98 Å². The zero-order valence-electron chi connectivity index (χ0n) is 10.1. The van der Waals surface area contributed by atoms with Gasteiger partial charge in [-0.05, 0) is 25.0 Å². The fourth-order valence-corrected chi connectivity index (χ4v) is 2.69. The predicted octanol–water partition coefficient (Wildman–Crippen LogP) is 1.33. The first-order valence-corrected chi connectivity index (χ1v) is 6.22. The lowest BCUT2D eigenvalue weighted by molar-refractivity contribution is 0.475. The molecule has 0 fully saturated rings. The number of aromatic nitrogens is 1. The molecule has 1 aromatic carbocycles. The Bertz CT molecular complexity index is 992. The van der Waals surface area contributed by atoms with Crippen molar-refractivity contribution in [3.8, 4) is 5.75 Å². The third kappa shape index (κ3) is 1.37. The van der Waals surface area contributed by atoms with E-state index in [4.69, 9.17) is 4.42 Å². The van der Waals surface area contributed by atoms with E-state index >= 15 is 0 Å². The van der Waals surface area contributed by atoms with E-state index in [0.29, 0.717) is 21.9 Å². The Kier molecular flexibility index (Phi) is 1.93. The highest BCUT2D eigenvalue weighted by molar-refractivity contribution is 6.02. The Morgan fingerprint density at radius 3 is 2.79 bits per heavy atom. The first-order valence-electron chi connectivity index (χ1n) is 6.22. The van der Waals surface area contributed by atoms with Gasteiger partial charge < -0.3 is 14.5 Å². The number of hydrogen-bond donors (Lipinski definition) is 2. The van der Waals surface area contributed by atoms with Crippen LogP contribution in [0.3, 0.4) is 0 Å². The van der Waals surface area contributed by atoms with Crippen molar-refractivity contribution in [3.05, 3.63) is 39.0 Å². The van der Waals surface area contributed by atoms with Crippen molar-refractivity contribution < 1.29 is 9.52 Å². The number of aromatic hydroxyl groups is 1. The summed E-state index contributed by atoms with van der Waals surface area (Å²) in [6.45, 7) is 0. The maximum atomic E-state index is 12.1. The fraction of sp³-hybridized carbons (Fsp3) is 0.133. The highest BCUT2D eigenvalue weighted by Crippen LogP contribution is 2.27. The molecule has 1 aliphatic rings. The summed E-state index contributed by atoms with van der Waals surface area (Å²) in [6, 6.07) is 4.91. The van der Waals surface area contributed by atoms with Crippen molar-refractivity contribution >= 4 is 34.2 Å². The highest BCUT2D eigenvalue weighted by Gasteiger charge is 2.12. The third-order valence-corrected chi connectivity index (χ3v) is 3.56. The number of nitrogens with one attached hydrogen (secondary N) is 1. The van der Waals surface area contributed by atoms with Gasteiger partial charge in [0, 0.05) is 21.9 Å². The number of fused-ring (bicyclic) bond motifs is 5. The summed E-state index contributed by atoms with van der Waals surface area (Å²) >= 11 is 0. The highest BCUT2D eigenvalue weighted by atomic mass is 16.3. The van der Waals surface area contributed by atoms with Gasteiger partial charge >= 0.3 is 0 Å². The van der Waals surface area contributed by atoms with Crippen LogP contribution in [-0.4, -0.2) is 10.1 Å². The molecular weight excluding hydrogens is 242 g/mol. The lowest BCUT2D eigenvalue weighted by Crippen LogP contribution is -2.41. The van der Waals surface area contributed by atoms with Crippen LogP contribution in [0.25, 0.3) is 34.2 Å². The van der Waals surface area contributed by atoms with Gasteiger partial charge in [-0.1, -0.05) is 12.2 Å². The molecule has 4 rings (SSSR count). The van der Waals surface area contributed by atoms with Gasteiger partial charge in [-0.25, -0.2) is 0 Å². The monoisotopic (exact) mass is 253 g/mol. The van der Waals surface area contributed by atoms with Crippen LogP contribution < -0.4 is 16.0 Å². The molecule has 0 unspecified atom stereocenters. The Labute approximate surface area is 107 Å². The van der Waals surface area contributed by atoms with Crippen LogP contribution in [-0.2, 0) is 0 Å². The Balaban J connectivity index is 2.35. The maximum absolute atomic E-state index is 12.1. The number of H-pyrrole nitrogens is 1. The first-order chi connectivity index (χ1) is 9.24. The van der Waals surface area contributed by atoms with Gasteiger partial charge in [-0.15, -0.1) is 0 Å². The molecule has 2 N–H and O–H groups in total. The van der Waals surface area contributed by atoms with Gasteiger partial charge in [0.05, 0.1) is 5.52 Å². The number of aromatic amines is 1. The number of hydrogen-bond acceptors (Lipinski definition) is 3.